The van der Waals surface area contributed by atoms with E-state index >= 15 is 0 Å². The van der Waals surface area contributed by atoms with Gasteiger partial charge in [0.15, 0.2) is 0 Å². The number of carbonyl (C=O) groups is 1. The fourth-order valence-electron chi connectivity index (χ4n) is 3.48. The van der Waals surface area contributed by atoms with Gasteiger partial charge in [0.1, 0.15) is 0 Å². The molecule has 0 aliphatic heterocycles. The molecule has 3 aromatic rings. The SMILES string of the molecule is Cc1ccc(NC(=O)N(CCc2ccccc2Cl)Cc2ccc(C)c(C)c2)c(C)c1. The Balaban J connectivity index is 1.80. The van der Waals surface area contributed by atoms with Crippen LogP contribution in [0.25, 0.3) is 0 Å². The molecule has 3 aromatic carbocycles. The van der Waals surface area contributed by atoms with Crippen LogP contribution in [-0.2, 0) is 13.0 Å². The third kappa shape index (κ3) is 5.64. The highest BCUT2D eigenvalue weighted by molar-refractivity contribution is 6.31. The average molecular weight is 421 g/mol. The maximum absolute atomic E-state index is 13.2. The number of hydrogen-bond donors (Lipinski definition) is 1. The fraction of sp³-hybridized carbons (Fsp3) is 0.269. The molecule has 1 N–H and O–H groups in total. The predicted molar refractivity (Wildman–Crippen MR) is 126 cm³/mol. The molecule has 30 heavy (non-hydrogen) atoms. The highest BCUT2D eigenvalue weighted by Crippen LogP contribution is 2.20. The summed E-state index contributed by atoms with van der Waals surface area (Å²) >= 11 is 6.33. The second-order valence-electron chi connectivity index (χ2n) is 7.93. The summed E-state index contributed by atoms with van der Waals surface area (Å²) in [6, 6.07) is 20.1. The zero-order chi connectivity index (χ0) is 21.7. The Kier molecular flexibility index (Phi) is 7.17. The normalized spacial score (nSPS) is 10.7. The van der Waals surface area contributed by atoms with Gasteiger partial charge in [-0.1, -0.05) is 65.7 Å². The number of halogens is 1. The monoisotopic (exact) mass is 420 g/mol. The van der Waals surface area contributed by atoms with Gasteiger partial charge >= 0.3 is 6.03 Å². The van der Waals surface area contributed by atoms with Crippen molar-refractivity contribution in [3.8, 4) is 0 Å². The van der Waals surface area contributed by atoms with Crippen LogP contribution >= 0.6 is 11.6 Å². The summed E-state index contributed by atoms with van der Waals surface area (Å²) in [5.74, 6) is 0. The smallest absolute Gasteiger partial charge is 0.320 e. The van der Waals surface area contributed by atoms with E-state index in [0.717, 1.165) is 27.4 Å². The largest absolute Gasteiger partial charge is 0.322 e. The number of nitrogens with zero attached hydrogens (tertiary/aromatic N) is 1. The molecule has 0 fully saturated rings. The Morgan fingerprint density at radius 3 is 2.37 bits per heavy atom. The number of urea groups is 1. The first-order chi connectivity index (χ1) is 14.3. The molecule has 0 atom stereocenters. The molecule has 4 heteroatoms. The maximum atomic E-state index is 13.2. The van der Waals surface area contributed by atoms with Crippen molar-refractivity contribution >= 4 is 23.3 Å². The number of rotatable bonds is 6. The van der Waals surface area contributed by atoms with E-state index in [0.29, 0.717) is 19.5 Å². The van der Waals surface area contributed by atoms with Crippen LogP contribution in [0.3, 0.4) is 0 Å². The van der Waals surface area contributed by atoms with E-state index in [4.69, 9.17) is 11.6 Å². The number of aryl methyl sites for hydroxylation is 4. The Morgan fingerprint density at radius 2 is 1.67 bits per heavy atom. The quantitative estimate of drug-likeness (QED) is 0.464. The number of carbonyl (C=O) groups excluding carboxylic acids is 1. The zero-order valence-corrected chi connectivity index (χ0v) is 18.9. The Labute approximate surface area is 184 Å². The molecular formula is C26H29ClN2O. The highest BCUT2D eigenvalue weighted by atomic mass is 35.5. The minimum absolute atomic E-state index is 0.104. The van der Waals surface area contributed by atoms with E-state index in [-0.39, 0.29) is 6.03 Å². The molecule has 0 saturated carbocycles. The molecule has 2 amide bonds. The summed E-state index contributed by atoms with van der Waals surface area (Å²) in [4.78, 5) is 15.0. The molecule has 156 valence electrons. The summed E-state index contributed by atoms with van der Waals surface area (Å²) in [7, 11) is 0. The molecule has 0 aliphatic rings. The van der Waals surface area contributed by atoms with Crippen LogP contribution in [0.1, 0.15) is 33.4 Å². The number of anilines is 1. The van der Waals surface area contributed by atoms with Gasteiger partial charge in [-0.2, -0.15) is 0 Å². The molecule has 0 aliphatic carbocycles. The summed E-state index contributed by atoms with van der Waals surface area (Å²) in [5, 5.41) is 3.82. The predicted octanol–water partition coefficient (Wildman–Crippen LogP) is 6.85. The van der Waals surface area contributed by atoms with Gasteiger partial charge in [0.2, 0.25) is 0 Å². The van der Waals surface area contributed by atoms with Crippen molar-refractivity contribution < 1.29 is 4.79 Å². The maximum Gasteiger partial charge on any atom is 0.322 e. The van der Waals surface area contributed by atoms with Crippen LogP contribution in [0.15, 0.2) is 60.7 Å². The lowest BCUT2D eigenvalue weighted by Gasteiger charge is -2.24. The standard InChI is InChI=1S/C26H29ClN2O/c1-18-9-12-25(21(4)15-18)28-26(30)29(14-13-23-7-5-6-8-24(23)27)17-22-11-10-19(2)20(3)16-22/h5-12,15-16H,13-14,17H2,1-4H3,(H,28,30). The summed E-state index contributed by atoms with van der Waals surface area (Å²) in [5.41, 5.74) is 7.72. The van der Waals surface area contributed by atoms with Gasteiger partial charge in [0.05, 0.1) is 0 Å². The van der Waals surface area contributed by atoms with Crippen molar-refractivity contribution in [1.82, 2.24) is 4.90 Å². The van der Waals surface area contributed by atoms with Crippen molar-refractivity contribution in [3.63, 3.8) is 0 Å². The first-order valence-corrected chi connectivity index (χ1v) is 10.6. The second kappa shape index (κ2) is 9.82. The number of amides is 2. The Morgan fingerprint density at radius 1 is 0.900 bits per heavy atom. The van der Waals surface area contributed by atoms with Gasteiger partial charge in [0, 0.05) is 23.8 Å². The zero-order valence-electron chi connectivity index (χ0n) is 18.1. The van der Waals surface area contributed by atoms with E-state index in [1.54, 1.807) is 0 Å². The van der Waals surface area contributed by atoms with E-state index in [9.17, 15) is 4.79 Å². The molecule has 0 bridgehead atoms. The van der Waals surface area contributed by atoms with Crippen LogP contribution in [0.2, 0.25) is 5.02 Å². The van der Waals surface area contributed by atoms with Gasteiger partial charge < -0.3 is 10.2 Å². The number of benzene rings is 3. The molecule has 0 spiro atoms. The van der Waals surface area contributed by atoms with E-state index in [1.165, 1.54) is 16.7 Å². The van der Waals surface area contributed by atoms with Crippen LogP contribution in [0.4, 0.5) is 10.5 Å². The Hall–Kier alpha value is -2.78. The minimum atomic E-state index is -0.104. The lowest BCUT2D eigenvalue weighted by Crippen LogP contribution is -2.36. The van der Waals surface area contributed by atoms with Gasteiger partial charge in [-0.25, -0.2) is 4.79 Å². The molecule has 3 rings (SSSR count). The highest BCUT2D eigenvalue weighted by Gasteiger charge is 2.16. The van der Waals surface area contributed by atoms with Crippen molar-refractivity contribution in [1.29, 1.82) is 0 Å². The van der Waals surface area contributed by atoms with Crippen LogP contribution in [0, 0.1) is 27.7 Å². The third-order valence-corrected chi connectivity index (χ3v) is 5.83. The first-order valence-electron chi connectivity index (χ1n) is 10.3. The Bertz CT molecular complexity index is 1040. The van der Waals surface area contributed by atoms with Crippen LogP contribution in [-0.4, -0.2) is 17.5 Å². The number of hydrogen-bond acceptors (Lipinski definition) is 1. The summed E-state index contributed by atoms with van der Waals surface area (Å²) in [6.45, 7) is 9.38. The molecule has 0 aromatic heterocycles. The van der Waals surface area contributed by atoms with Crippen LogP contribution in [0.5, 0.6) is 0 Å². The van der Waals surface area contributed by atoms with Gasteiger partial charge in [-0.05, 0) is 74.1 Å². The van der Waals surface area contributed by atoms with Gasteiger partial charge in [-0.3, -0.25) is 0 Å². The van der Waals surface area contributed by atoms with Crippen molar-refractivity contribution in [2.75, 3.05) is 11.9 Å². The molecule has 0 unspecified atom stereocenters. The molecule has 0 heterocycles. The molecular weight excluding hydrogens is 392 g/mol. The molecule has 0 saturated heterocycles. The third-order valence-electron chi connectivity index (χ3n) is 5.46. The average Bonchev–Trinajstić information content (AvgIpc) is 2.71. The lowest BCUT2D eigenvalue weighted by atomic mass is 10.1. The van der Waals surface area contributed by atoms with Crippen molar-refractivity contribution in [2.45, 2.75) is 40.7 Å². The fourth-order valence-corrected chi connectivity index (χ4v) is 3.71. The van der Waals surface area contributed by atoms with E-state index in [2.05, 4.69) is 43.4 Å². The summed E-state index contributed by atoms with van der Waals surface area (Å²) in [6.07, 6.45) is 0.699. The topological polar surface area (TPSA) is 32.3 Å². The lowest BCUT2D eigenvalue weighted by molar-refractivity contribution is 0.209. The van der Waals surface area contributed by atoms with Gasteiger partial charge in [-0.15, -0.1) is 0 Å². The molecule has 3 nitrogen and oxygen atoms in total. The van der Waals surface area contributed by atoms with Gasteiger partial charge in [0.25, 0.3) is 0 Å². The van der Waals surface area contributed by atoms with E-state index < -0.39 is 0 Å². The molecule has 0 radical (unpaired) electrons. The van der Waals surface area contributed by atoms with Crippen molar-refractivity contribution in [3.05, 3.63) is 99.1 Å². The summed E-state index contributed by atoms with van der Waals surface area (Å²) < 4.78 is 0. The minimum Gasteiger partial charge on any atom is -0.320 e. The van der Waals surface area contributed by atoms with Crippen LogP contribution < -0.4 is 5.32 Å². The first kappa shape index (κ1) is 21.9. The van der Waals surface area contributed by atoms with Crippen molar-refractivity contribution in [2.24, 2.45) is 0 Å². The number of nitrogens with one attached hydrogen (secondary N) is 1. The van der Waals surface area contributed by atoms with E-state index in [1.807, 2.05) is 55.1 Å². The second-order valence-corrected chi connectivity index (χ2v) is 8.34.